The van der Waals surface area contributed by atoms with Crippen molar-refractivity contribution in [3.8, 4) is 0 Å². The summed E-state index contributed by atoms with van der Waals surface area (Å²) in [5, 5.41) is 23.7. The van der Waals surface area contributed by atoms with Crippen molar-refractivity contribution in [1.82, 2.24) is 14.7 Å². The lowest BCUT2D eigenvalue weighted by Crippen LogP contribution is -2.61. The van der Waals surface area contributed by atoms with Crippen LogP contribution in [-0.2, 0) is 4.79 Å². The van der Waals surface area contributed by atoms with Crippen molar-refractivity contribution in [2.75, 3.05) is 44.6 Å². The van der Waals surface area contributed by atoms with Crippen LogP contribution in [0, 0.1) is 5.41 Å². The molecule has 1 aromatic carbocycles. The smallest absolute Gasteiger partial charge is 0.322 e. The second kappa shape index (κ2) is 9.55. The highest BCUT2D eigenvalue weighted by Gasteiger charge is 2.51. The SMILES string of the molecule is C[C@H]1C(=O)N([C@H](CO)CCN2CCC3(CC3)[C@H](O)C2)CCN1C(=O)Nc1cccc(Cl)c1. The summed E-state index contributed by atoms with van der Waals surface area (Å²) in [5.74, 6) is -0.160. The van der Waals surface area contributed by atoms with E-state index in [1.165, 1.54) is 4.90 Å². The molecule has 32 heavy (non-hydrogen) atoms. The van der Waals surface area contributed by atoms with Crippen LogP contribution in [-0.4, -0.2) is 94.4 Å². The number of halogens is 1. The molecule has 4 rings (SSSR count). The summed E-state index contributed by atoms with van der Waals surface area (Å²) in [6.45, 7) is 4.72. The average Bonchev–Trinajstić information content (AvgIpc) is 3.55. The number of nitrogens with one attached hydrogen (secondary N) is 1. The first-order chi connectivity index (χ1) is 15.3. The summed E-state index contributed by atoms with van der Waals surface area (Å²) in [6.07, 6.45) is 3.65. The van der Waals surface area contributed by atoms with Crippen LogP contribution in [0.3, 0.4) is 0 Å². The van der Waals surface area contributed by atoms with Gasteiger partial charge in [-0.1, -0.05) is 17.7 Å². The second-order valence-electron chi connectivity index (χ2n) is 9.40. The summed E-state index contributed by atoms with van der Waals surface area (Å²) in [5.41, 5.74) is 0.745. The molecule has 9 heteroatoms. The van der Waals surface area contributed by atoms with Gasteiger partial charge in [0, 0.05) is 36.9 Å². The highest BCUT2D eigenvalue weighted by Crippen LogP contribution is 2.53. The third-order valence-electron chi connectivity index (χ3n) is 7.41. The molecule has 3 amide bonds. The number of benzene rings is 1. The van der Waals surface area contributed by atoms with Crippen molar-refractivity contribution in [3.63, 3.8) is 0 Å². The van der Waals surface area contributed by atoms with Crippen molar-refractivity contribution in [2.45, 2.75) is 50.8 Å². The van der Waals surface area contributed by atoms with E-state index >= 15 is 0 Å². The number of piperazine rings is 1. The zero-order chi connectivity index (χ0) is 22.9. The van der Waals surface area contributed by atoms with Crippen LogP contribution >= 0.6 is 11.6 Å². The van der Waals surface area contributed by atoms with Gasteiger partial charge in [0.15, 0.2) is 0 Å². The zero-order valence-electron chi connectivity index (χ0n) is 18.5. The number of anilines is 1. The standard InChI is InChI=1S/C23H33ClN4O4/c1-16-21(31)28(12-11-27(16)22(32)25-18-4-2-3-17(24)13-18)19(15-29)5-9-26-10-8-23(6-7-23)20(30)14-26/h2-4,13,16,19-20,29-30H,5-12,14-15H2,1H3,(H,25,32)/t16-,19-,20+/m0/s1. The monoisotopic (exact) mass is 464 g/mol. The van der Waals surface area contributed by atoms with Crippen molar-refractivity contribution in [1.29, 1.82) is 0 Å². The molecule has 3 atom stereocenters. The molecule has 2 saturated heterocycles. The van der Waals surface area contributed by atoms with Crippen LogP contribution < -0.4 is 5.32 Å². The number of hydrogen-bond donors (Lipinski definition) is 3. The predicted molar refractivity (Wildman–Crippen MR) is 123 cm³/mol. The lowest BCUT2D eigenvalue weighted by atomic mass is 9.90. The molecule has 0 unspecified atom stereocenters. The molecular formula is C23H33ClN4O4. The van der Waals surface area contributed by atoms with E-state index in [4.69, 9.17) is 11.6 Å². The maximum atomic E-state index is 13.1. The maximum Gasteiger partial charge on any atom is 0.322 e. The number of rotatable bonds is 6. The van der Waals surface area contributed by atoms with Gasteiger partial charge in [0.25, 0.3) is 0 Å². The summed E-state index contributed by atoms with van der Waals surface area (Å²) in [7, 11) is 0. The molecule has 2 heterocycles. The fourth-order valence-corrected chi connectivity index (χ4v) is 5.19. The van der Waals surface area contributed by atoms with Gasteiger partial charge in [-0.25, -0.2) is 4.79 Å². The summed E-state index contributed by atoms with van der Waals surface area (Å²) >= 11 is 5.98. The first kappa shape index (κ1) is 23.3. The number of β-amino-alcohol motifs (C(OH)–C–C–N with tert-alkyl or cyclic N) is 1. The fourth-order valence-electron chi connectivity index (χ4n) is 5.00. The van der Waals surface area contributed by atoms with Gasteiger partial charge >= 0.3 is 6.03 Å². The number of hydrogen-bond acceptors (Lipinski definition) is 5. The number of amides is 3. The van der Waals surface area contributed by atoms with Crippen molar-refractivity contribution < 1.29 is 19.8 Å². The number of carbonyl (C=O) groups excluding carboxylic acids is 2. The largest absolute Gasteiger partial charge is 0.394 e. The summed E-state index contributed by atoms with van der Waals surface area (Å²) in [6, 6.07) is 5.63. The zero-order valence-corrected chi connectivity index (χ0v) is 19.3. The van der Waals surface area contributed by atoms with E-state index < -0.39 is 6.04 Å². The topological polar surface area (TPSA) is 96.3 Å². The summed E-state index contributed by atoms with van der Waals surface area (Å²) < 4.78 is 0. The lowest BCUT2D eigenvalue weighted by Gasteiger charge is -2.43. The molecule has 3 fully saturated rings. The number of piperidine rings is 1. The van der Waals surface area contributed by atoms with Crippen LogP contribution in [0.2, 0.25) is 5.02 Å². The third kappa shape index (κ3) is 4.88. The highest BCUT2D eigenvalue weighted by molar-refractivity contribution is 6.30. The van der Waals surface area contributed by atoms with Crippen molar-refractivity contribution >= 4 is 29.2 Å². The minimum atomic E-state index is -0.622. The number of aliphatic hydroxyl groups is 2. The molecule has 0 aromatic heterocycles. The number of aliphatic hydroxyl groups excluding tert-OH is 2. The van der Waals surface area contributed by atoms with E-state index in [-0.39, 0.29) is 36.1 Å². The minimum absolute atomic E-state index is 0.118. The Bertz CT molecular complexity index is 849. The third-order valence-corrected chi connectivity index (χ3v) is 7.65. The first-order valence-corrected chi connectivity index (χ1v) is 11.9. The van der Waals surface area contributed by atoms with E-state index in [2.05, 4.69) is 10.2 Å². The van der Waals surface area contributed by atoms with E-state index in [1.807, 2.05) is 0 Å². The molecule has 1 spiro atoms. The molecule has 1 saturated carbocycles. The molecule has 0 bridgehead atoms. The Labute approximate surface area is 194 Å². The van der Waals surface area contributed by atoms with Gasteiger partial charge in [0.05, 0.1) is 18.8 Å². The Morgan fingerprint density at radius 2 is 2.06 bits per heavy atom. The minimum Gasteiger partial charge on any atom is -0.394 e. The first-order valence-electron chi connectivity index (χ1n) is 11.5. The van der Waals surface area contributed by atoms with Gasteiger partial charge in [-0.05, 0) is 62.8 Å². The van der Waals surface area contributed by atoms with Crippen LogP contribution in [0.15, 0.2) is 24.3 Å². The Morgan fingerprint density at radius 1 is 1.28 bits per heavy atom. The van der Waals surface area contributed by atoms with Gasteiger partial charge in [0.2, 0.25) is 5.91 Å². The molecular weight excluding hydrogens is 432 g/mol. The quantitative estimate of drug-likeness (QED) is 0.598. The molecule has 2 aliphatic heterocycles. The van der Waals surface area contributed by atoms with Crippen LogP contribution in [0.1, 0.15) is 32.6 Å². The molecule has 1 aromatic rings. The number of carbonyl (C=O) groups is 2. The molecule has 1 aliphatic carbocycles. The van der Waals surface area contributed by atoms with Gasteiger partial charge in [-0.3, -0.25) is 4.79 Å². The van der Waals surface area contributed by atoms with E-state index in [0.717, 1.165) is 32.4 Å². The molecule has 3 N–H and O–H groups in total. The van der Waals surface area contributed by atoms with Gasteiger partial charge in [-0.15, -0.1) is 0 Å². The van der Waals surface area contributed by atoms with E-state index in [9.17, 15) is 19.8 Å². The van der Waals surface area contributed by atoms with Gasteiger partial charge in [0.1, 0.15) is 6.04 Å². The van der Waals surface area contributed by atoms with Gasteiger partial charge < -0.3 is 30.2 Å². The average molecular weight is 465 g/mol. The molecule has 3 aliphatic rings. The van der Waals surface area contributed by atoms with Crippen LogP contribution in [0.4, 0.5) is 10.5 Å². The fraction of sp³-hybridized carbons (Fsp3) is 0.652. The Hall–Kier alpha value is -1.87. The maximum absolute atomic E-state index is 13.1. The lowest BCUT2D eigenvalue weighted by molar-refractivity contribution is -0.143. The normalized spacial score (nSPS) is 26.3. The molecule has 0 radical (unpaired) electrons. The number of urea groups is 1. The van der Waals surface area contributed by atoms with Crippen molar-refractivity contribution in [3.05, 3.63) is 29.3 Å². The van der Waals surface area contributed by atoms with E-state index in [0.29, 0.717) is 36.8 Å². The Kier molecular flexibility index (Phi) is 6.95. The highest BCUT2D eigenvalue weighted by atomic mass is 35.5. The second-order valence-corrected chi connectivity index (χ2v) is 9.83. The van der Waals surface area contributed by atoms with Crippen molar-refractivity contribution in [2.24, 2.45) is 5.41 Å². The number of nitrogens with zero attached hydrogens (tertiary/aromatic N) is 3. The van der Waals surface area contributed by atoms with Crippen LogP contribution in [0.25, 0.3) is 0 Å². The van der Waals surface area contributed by atoms with E-state index in [1.54, 1.807) is 36.1 Å². The Balaban J connectivity index is 1.30. The van der Waals surface area contributed by atoms with Gasteiger partial charge in [-0.2, -0.15) is 0 Å². The number of likely N-dealkylation sites (tertiary alicyclic amines) is 1. The molecule has 176 valence electrons. The van der Waals surface area contributed by atoms with Crippen LogP contribution in [0.5, 0.6) is 0 Å². The Morgan fingerprint density at radius 3 is 2.72 bits per heavy atom. The molecule has 8 nitrogen and oxygen atoms in total. The predicted octanol–water partition coefficient (Wildman–Crippen LogP) is 2.00. The summed E-state index contributed by atoms with van der Waals surface area (Å²) in [4.78, 5) is 31.2.